The number of hydrogen-bond donors (Lipinski definition) is 1. The summed E-state index contributed by atoms with van der Waals surface area (Å²) in [6.45, 7) is 9.70. The maximum absolute atomic E-state index is 4.45. The fourth-order valence-electron chi connectivity index (χ4n) is 2.15. The van der Waals surface area contributed by atoms with Gasteiger partial charge in [0.05, 0.1) is 18.1 Å². The summed E-state index contributed by atoms with van der Waals surface area (Å²) >= 11 is 0. The molecule has 2 rings (SSSR count). The van der Waals surface area contributed by atoms with Crippen molar-refractivity contribution in [3.8, 4) is 0 Å². The van der Waals surface area contributed by atoms with Crippen LogP contribution in [0.5, 0.6) is 0 Å². The highest BCUT2D eigenvalue weighted by molar-refractivity contribution is 5.42. The Hall–Kier alpha value is -1.16. The summed E-state index contributed by atoms with van der Waals surface area (Å²) in [5.74, 6) is 1.56. The van der Waals surface area contributed by atoms with Crippen LogP contribution in [-0.2, 0) is 6.42 Å². The minimum Gasteiger partial charge on any atom is -0.366 e. The summed E-state index contributed by atoms with van der Waals surface area (Å²) in [4.78, 5) is 11.2. The number of piperazine rings is 1. The lowest BCUT2D eigenvalue weighted by molar-refractivity contribution is 0.484. The molecule has 0 bridgehead atoms. The fraction of sp³-hybridized carbons (Fsp3) is 0.692. The molecule has 1 aromatic heterocycles. The van der Waals surface area contributed by atoms with Crippen molar-refractivity contribution < 1.29 is 0 Å². The second kappa shape index (κ2) is 5.45. The lowest BCUT2D eigenvalue weighted by atomic mass is 10.1. The fourth-order valence-corrected chi connectivity index (χ4v) is 2.15. The molecule has 0 spiro atoms. The quantitative estimate of drug-likeness (QED) is 0.860. The molecule has 0 unspecified atom stereocenters. The van der Waals surface area contributed by atoms with Gasteiger partial charge in [-0.15, -0.1) is 0 Å². The van der Waals surface area contributed by atoms with Crippen LogP contribution in [0.25, 0.3) is 0 Å². The van der Waals surface area contributed by atoms with E-state index >= 15 is 0 Å². The molecule has 94 valence electrons. The Balaban J connectivity index is 2.01. The second-order valence-electron chi connectivity index (χ2n) is 5.26. The molecule has 1 aromatic rings. The van der Waals surface area contributed by atoms with Gasteiger partial charge < -0.3 is 10.2 Å². The number of rotatable bonds is 3. The van der Waals surface area contributed by atoms with Crippen molar-refractivity contribution in [3.05, 3.63) is 18.2 Å². The Bertz CT molecular complexity index is 347. The second-order valence-corrected chi connectivity index (χ2v) is 5.26. The summed E-state index contributed by atoms with van der Waals surface area (Å²) in [7, 11) is 0. The molecule has 4 nitrogen and oxygen atoms in total. The van der Waals surface area contributed by atoms with Crippen molar-refractivity contribution >= 4 is 5.69 Å². The predicted octanol–water partition coefficient (Wildman–Crippen LogP) is 1.47. The maximum Gasteiger partial charge on any atom is 0.128 e. The average Bonchev–Trinajstić information content (AvgIpc) is 2.29. The third kappa shape index (κ3) is 3.40. The molecule has 4 heteroatoms. The van der Waals surface area contributed by atoms with E-state index < -0.39 is 0 Å². The maximum atomic E-state index is 4.45. The number of anilines is 1. The number of nitrogens with zero attached hydrogens (tertiary/aromatic N) is 3. The van der Waals surface area contributed by atoms with Gasteiger partial charge in [0, 0.05) is 32.1 Å². The molecule has 0 amide bonds. The van der Waals surface area contributed by atoms with E-state index in [1.807, 2.05) is 12.4 Å². The molecule has 0 aromatic carbocycles. The molecule has 1 saturated heterocycles. The van der Waals surface area contributed by atoms with Crippen LogP contribution < -0.4 is 10.2 Å². The van der Waals surface area contributed by atoms with Crippen LogP contribution in [-0.4, -0.2) is 35.6 Å². The zero-order chi connectivity index (χ0) is 12.3. The first kappa shape index (κ1) is 12.3. The van der Waals surface area contributed by atoms with Crippen molar-refractivity contribution in [1.29, 1.82) is 0 Å². The van der Waals surface area contributed by atoms with Crippen LogP contribution in [0, 0.1) is 5.92 Å². The summed E-state index contributed by atoms with van der Waals surface area (Å²) < 4.78 is 0. The molecule has 1 aliphatic heterocycles. The van der Waals surface area contributed by atoms with E-state index in [-0.39, 0.29) is 0 Å². The Morgan fingerprint density at radius 3 is 2.71 bits per heavy atom. The van der Waals surface area contributed by atoms with Gasteiger partial charge in [0.15, 0.2) is 0 Å². The van der Waals surface area contributed by atoms with Crippen LogP contribution >= 0.6 is 0 Å². The Kier molecular flexibility index (Phi) is 3.94. The van der Waals surface area contributed by atoms with Gasteiger partial charge in [0.1, 0.15) is 5.82 Å². The molecule has 0 saturated carbocycles. The molecule has 0 aliphatic carbocycles. The van der Waals surface area contributed by atoms with Crippen molar-refractivity contribution in [2.24, 2.45) is 5.92 Å². The first-order valence-corrected chi connectivity index (χ1v) is 6.44. The van der Waals surface area contributed by atoms with Crippen molar-refractivity contribution in [2.75, 3.05) is 24.5 Å². The molecular weight excluding hydrogens is 212 g/mol. The van der Waals surface area contributed by atoms with Crippen LogP contribution in [0.2, 0.25) is 0 Å². The van der Waals surface area contributed by atoms with Gasteiger partial charge >= 0.3 is 0 Å². The molecule has 0 radical (unpaired) electrons. The third-order valence-corrected chi connectivity index (χ3v) is 3.02. The normalized spacial score (nSPS) is 20.9. The third-order valence-electron chi connectivity index (χ3n) is 3.02. The smallest absolute Gasteiger partial charge is 0.128 e. The van der Waals surface area contributed by atoms with Crippen molar-refractivity contribution in [3.63, 3.8) is 0 Å². The molecule has 1 fully saturated rings. The molecule has 1 aliphatic rings. The Morgan fingerprint density at radius 1 is 1.41 bits per heavy atom. The predicted molar refractivity (Wildman–Crippen MR) is 70.3 cm³/mol. The Morgan fingerprint density at radius 2 is 2.12 bits per heavy atom. The molecular formula is C13H22N4. The largest absolute Gasteiger partial charge is 0.366 e. The van der Waals surface area contributed by atoms with Gasteiger partial charge in [-0.25, -0.2) is 9.97 Å². The van der Waals surface area contributed by atoms with E-state index in [2.05, 4.69) is 41.0 Å². The summed E-state index contributed by atoms with van der Waals surface area (Å²) in [6, 6.07) is 0.541. The highest BCUT2D eigenvalue weighted by Crippen LogP contribution is 2.14. The lowest BCUT2D eigenvalue weighted by Gasteiger charge is -2.33. The van der Waals surface area contributed by atoms with Gasteiger partial charge in [-0.05, 0) is 12.8 Å². The minimum absolute atomic E-state index is 0.541. The molecule has 1 atom stereocenters. The van der Waals surface area contributed by atoms with Gasteiger partial charge in [0.2, 0.25) is 0 Å². The van der Waals surface area contributed by atoms with Crippen LogP contribution in [0.3, 0.4) is 0 Å². The minimum atomic E-state index is 0.541. The standard InChI is InChI=1S/C13H22N4/c1-10(2)6-13-15-7-12(8-16-13)17-5-4-14-11(3)9-17/h7-8,10-11,14H,4-6,9H2,1-3H3/t11-/m0/s1. The zero-order valence-electron chi connectivity index (χ0n) is 11.0. The number of nitrogens with one attached hydrogen (secondary N) is 1. The lowest BCUT2D eigenvalue weighted by Crippen LogP contribution is -2.49. The first-order valence-electron chi connectivity index (χ1n) is 6.44. The van der Waals surface area contributed by atoms with Gasteiger partial charge in [0.25, 0.3) is 0 Å². The van der Waals surface area contributed by atoms with E-state index in [0.29, 0.717) is 12.0 Å². The van der Waals surface area contributed by atoms with E-state index in [1.54, 1.807) is 0 Å². The highest BCUT2D eigenvalue weighted by atomic mass is 15.2. The SMILES string of the molecule is CC(C)Cc1ncc(N2CCN[C@@H](C)C2)cn1. The molecule has 1 N–H and O–H groups in total. The van der Waals surface area contributed by atoms with Crippen LogP contribution in [0.15, 0.2) is 12.4 Å². The zero-order valence-corrected chi connectivity index (χ0v) is 11.0. The van der Waals surface area contributed by atoms with Gasteiger partial charge in [-0.3, -0.25) is 0 Å². The Labute approximate surface area is 103 Å². The molecule has 17 heavy (non-hydrogen) atoms. The van der Waals surface area contributed by atoms with E-state index in [1.165, 1.54) is 0 Å². The summed E-state index contributed by atoms with van der Waals surface area (Å²) in [5, 5.41) is 3.44. The van der Waals surface area contributed by atoms with Crippen molar-refractivity contribution in [2.45, 2.75) is 33.2 Å². The highest BCUT2D eigenvalue weighted by Gasteiger charge is 2.16. The summed E-state index contributed by atoms with van der Waals surface area (Å²) in [5.41, 5.74) is 1.14. The molecule has 2 heterocycles. The van der Waals surface area contributed by atoms with Crippen LogP contribution in [0.4, 0.5) is 5.69 Å². The van der Waals surface area contributed by atoms with Crippen molar-refractivity contribution in [1.82, 2.24) is 15.3 Å². The number of hydrogen-bond acceptors (Lipinski definition) is 4. The van der Waals surface area contributed by atoms with Gasteiger partial charge in [-0.2, -0.15) is 0 Å². The average molecular weight is 234 g/mol. The first-order chi connectivity index (χ1) is 8.15. The van der Waals surface area contributed by atoms with E-state index in [9.17, 15) is 0 Å². The van der Waals surface area contributed by atoms with Crippen LogP contribution in [0.1, 0.15) is 26.6 Å². The topological polar surface area (TPSA) is 41.1 Å². The van der Waals surface area contributed by atoms with Gasteiger partial charge in [-0.1, -0.05) is 13.8 Å². The monoisotopic (exact) mass is 234 g/mol. The van der Waals surface area contributed by atoms with E-state index in [0.717, 1.165) is 37.6 Å². The van der Waals surface area contributed by atoms with E-state index in [4.69, 9.17) is 0 Å². The summed E-state index contributed by atoms with van der Waals surface area (Å²) in [6.07, 6.45) is 4.88. The number of aromatic nitrogens is 2.